The van der Waals surface area contributed by atoms with Crippen molar-refractivity contribution in [1.82, 2.24) is 10.3 Å². The third-order valence-electron chi connectivity index (χ3n) is 3.55. The molecule has 3 N–H and O–H groups in total. The van der Waals surface area contributed by atoms with Gasteiger partial charge in [0, 0.05) is 7.05 Å². The zero-order chi connectivity index (χ0) is 19.6. The molecule has 0 aliphatic carbocycles. The molecule has 27 heavy (non-hydrogen) atoms. The van der Waals surface area contributed by atoms with Crippen LogP contribution in [0.3, 0.4) is 0 Å². The van der Waals surface area contributed by atoms with Gasteiger partial charge in [0.1, 0.15) is 18.9 Å². The number of carbonyl (C=O) groups excluding carboxylic acids is 2. The molecule has 0 unspecified atom stereocenters. The monoisotopic (exact) mass is 370 g/mol. The molecular weight excluding hydrogens is 348 g/mol. The second-order valence-electron chi connectivity index (χ2n) is 5.69. The highest BCUT2D eigenvalue weighted by molar-refractivity contribution is 5.85. The van der Waals surface area contributed by atoms with Gasteiger partial charge >= 0.3 is 6.09 Å². The summed E-state index contributed by atoms with van der Waals surface area (Å²) in [4.78, 5) is 24.9. The number of rotatable bonds is 7. The molecule has 2 rings (SSSR count). The van der Waals surface area contributed by atoms with E-state index in [1.54, 1.807) is 18.2 Å². The summed E-state index contributed by atoms with van der Waals surface area (Å²) in [5.41, 5.74) is 10.2. The highest BCUT2D eigenvalue weighted by Crippen LogP contribution is 2.20. The van der Waals surface area contributed by atoms with Crippen molar-refractivity contribution in [2.75, 3.05) is 26.4 Å². The summed E-state index contributed by atoms with van der Waals surface area (Å²) in [7, 11) is 3.00. The van der Waals surface area contributed by atoms with Crippen LogP contribution in [0.2, 0.25) is 0 Å². The number of ether oxygens (including phenoxy) is 2. The van der Waals surface area contributed by atoms with Crippen molar-refractivity contribution in [1.29, 1.82) is 0 Å². The zero-order valence-corrected chi connectivity index (χ0v) is 15.2. The van der Waals surface area contributed by atoms with Gasteiger partial charge in [0.05, 0.1) is 19.0 Å². The number of likely N-dealkylation sites (N-methyl/N-ethyl adjacent to an activating group) is 1. The Labute approximate surface area is 157 Å². The molecule has 2 aromatic rings. The number of amides is 2. The lowest BCUT2D eigenvalue weighted by Crippen LogP contribution is -2.36. The standard InChI is InChI=1S/C19H22N4O4/c1-23(19(25)27-13-14-6-4-3-5-7-14)12-18(24)22-21-11-15-8-9-17(26-2)16(20)10-15/h3-11H,12-13,20H2,1-2H3,(H,22,24)/b21-11+. The molecule has 0 saturated heterocycles. The van der Waals surface area contributed by atoms with Gasteiger partial charge in [-0.2, -0.15) is 5.10 Å². The smallest absolute Gasteiger partial charge is 0.410 e. The first-order chi connectivity index (χ1) is 13.0. The summed E-state index contributed by atoms with van der Waals surface area (Å²) in [6.07, 6.45) is 0.849. The van der Waals surface area contributed by atoms with Crippen molar-refractivity contribution in [3.05, 3.63) is 59.7 Å². The SMILES string of the molecule is COc1ccc(/C=N/NC(=O)CN(C)C(=O)OCc2ccccc2)cc1N. The van der Waals surface area contributed by atoms with Gasteiger partial charge in [-0.25, -0.2) is 10.2 Å². The second kappa shape index (κ2) is 9.81. The number of benzene rings is 2. The van der Waals surface area contributed by atoms with Crippen LogP contribution < -0.4 is 15.9 Å². The van der Waals surface area contributed by atoms with Crippen LogP contribution in [0.25, 0.3) is 0 Å². The third-order valence-corrected chi connectivity index (χ3v) is 3.55. The molecule has 0 spiro atoms. The van der Waals surface area contributed by atoms with E-state index in [2.05, 4.69) is 10.5 Å². The molecule has 142 valence electrons. The predicted molar refractivity (Wildman–Crippen MR) is 102 cm³/mol. The van der Waals surface area contributed by atoms with Crippen molar-refractivity contribution in [3.8, 4) is 5.75 Å². The topological polar surface area (TPSA) is 106 Å². The lowest BCUT2D eigenvalue weighted by atomic mass is 10.2. The summed E-state index contributed by atoms with van der Waals surface area (Å²) in [6, 6.07) is 14.4. The minimum atomic E-state index is -0.596. The molecule has 8 heteroatoms. The van der Waals surface area contributed by atoms with Crippen molar-refractivity contribution >= 4 is 23.9 Å². The largest absolute Gasteiger partial charge is 0.495 e. The van der Waals surface area contributed by atoms with E-state index in [9.17, 15) is 9.59 Å². The average Bonchev–Trinajstić information content (AvgIpc) is 2.67. The maximum atomic E-state index is 11.9. The fourth-order valence-corrected chi connectivity index (χ4v) is 2.16. The Morgan fingerprint density at radius 2 is 1.96 bits per heavy atom. The average molecular weight is 370 g/mol. The number of anilines is 1. The van der Waals surface area contributed by atoms with E-state index in [4.69, 9.17) is 15.2 Å². The van der Waals surface area contributed by atoms with E-state index >= 15 is 0 Å². The lowest BCUT2D eigenvalue weighted by Gasteiger charge is -2.15. The summed E-state index contributed by atoms with van der Waals surface area (Å²) < 4.78 is 10.2. The van der Waals surface area contributed by atoms with E-state index < -0.39 is 12.0 Å². The molecule has 0 heterocycles. The first kappa shape index (κ1) is 19.8. The molecule has 0 bridgehead atoms. The molecule has 0 fully saturated rings. The zero-order valence-electron chi connectivity index (χ0n) is 15.2. The van der Waals surface area contributed by atoms with Gasteiger partial charge in [-0.1, -0.05) is 30.3 Å². The Morgan fingerprint density at radius 1 is 1.22 bits per heavy atom. The lowest BCUT2D eigenvalue weighted by molar-refractivity contribution is -0.121. The summed E-state index contributed by atoms with van der Waals surface area (Å²) in [5.74, 6) is 0.110. The minimum Gasteiger partial charge on any atom is -0.495 e. The van der Waals surface area contributed by atoms with Gasteiger partial charge in [0.25, 0.3) is 5.91 Å². The summed E-state index contributed by atoms with van der Waals surface area (Å²) in [6.45, 7) is -0.0433. The van der Waals surface area contributed by atoms with Crippen LogP contribution in [0.4, 0.5) is 10.5 Å². The third kappa shape index (κ3) is 6.35. The first-order valence-electron chi connectivity index (χ1n) is 8.17. The normalized spacial score (nSPS) is 10.4. The number of hydrogen-bond acceptors (Lipinski definition) is 6. The van der Waals surface area contributed by atoms with Crippen LogP contribution in [-0.4, -0.2) is 43.8 Å². The van der Waals surface area contributed by atoms with Crippen LogP contribution in [0.5, 0.6) is 5.75 Å². The highest BCUT2D eigenvalue weighted by atomic mass is 16.6. The van der Waals surface area contributed by atoms with Crippen LogP contribution in [0.15, 0.2) is 53.6 Å². The summed E-state index contributed by atoms with van der Waals surface area (Å²) in [5, 5.41) is 3.84. The van der Waals surface area contributed by atoms with Crippen LogP contribution in [-0.2, 0) is 16.1 Å². The number of nitrogens with zero attached hydrogens (tertiary/aromatic N) is 2. The summed E-state index contributed by atoms with van der Waals surface area (Å²) >= 11 is 0. The molecule has 0 saturated carbocycles. The number of hydrazone groups is 1. The number of carbonyl (C=O) groups is 2. The van der Waals surface area contributed by atoms with Crippen molar-refractivity contribution in [2.45, 2.75) is 6.61 Å². The fourth-order valence-electron chi connectivity index (χ4n) is 2.16. The fraction of sp³-hybridized carbons (Fsp3) is 0.211. The number of nitrogen functional groups attached to an aromatic ring is 1. The van der Waals surface area contributed by atoms with Gasteiger partial charge in [-0.3, -0.25) is 4.79 Å². The molecule has 0 aliphatic heterocycles. The second-order valence-corrected chi connectivity index (χ2v) is 5.69. The Kier molecular flexibility index (Phi) is 7.18. The molecular formula is C19H22N4O4. The van der Waals surface area contributed by atoms with E-state index in [0.717, 1.165) is 5.56 Å². The molecule has 8 nitrogen and oxygen atoms in total. The predicted octanol–water partition coefficient (Wildman–Crippen LogP) is 2.00. The molecule has 0 atom stereocenters. The van der Waals surface area contributed by atoms with Crippen LogP contribution in [0.1, 0.15) is 11.1 Å². The van der Waals surface area contributed by atoms with E-state index in [1.165, 1.54) is 25.3 Å². The maximum Gasteiger partial charge on any atom is 0.410 e. The Bertz CT molecular complexity index is 809. The van der Waals surface area contributed by atoms with Gasteiger partial charge in [-0.15, -0.1) is 0 Å². The Balaban J connectivity index is 1.77. The van der Waals surface area contributed by atoms with Crippen molar-refractivity contribution in [2.24, 2.45) is 5.10 Å². The van der Waals surface area contributed by atoms with Gasteiger partial charge in [0.15, 0.2) is 0 Å². The number of nitrogens with two attached hydrogens (primary N) is 1. The quantitative estimate of drug-likeness (QED) is 0.440. The van der Waals surface area contributed by atoms with Crippen molar-refractivity contribution in [3.63, 3.8) is 0 Å². The maximum absolute atomic E-state index is 11.9. The first-order valence-corrected chi connectivity index (χ1v) is 8.17. The molecule has 0 radical (unpaired) electrons. The van der Waals surface area contributed by atoms with E-state index in [1.807, 2.05) is 30.3 Å². The number of hydrogen-bond donors (Lipinski definition) is 2. The minimum absolute atomic E-state index is 0.142. The van der Waals surface area contributed by atoms with Crippen LogP contribution in [0, 0.1) is 0 Å². The Morgan fingerprint density at radius 3 is 2.63 bits per heavy atom. The number of methoxy groups -OCH3 is 1. The highest BCUT2D eigenvalue weighted by Gasteiger charge is 2.13. The van der Waals surface area contributed by atoms with Crippen molar-refractivity contribution < 1.29 is 19.1 Å². The van der Waals surface area contributed by atoms with Gasteiger partial charge < -0.3 is 20.1 Å². The van der Waals surface area contributed by atoms with E-state index in [-0.39, 0.29) is 13.2 Å². The Hall–Kier alpha value is -3.55. The van der Waals surface area contributed by atoms with Gasteiger partial charge in [-0.05, 0) is 29.3 Å². The molecule has 2 aromatic carbocycles. The van der Waals surface area contributed by atoms with Crippen LogP contribution >= 0.6 is 0 Å². The molecule has 0 aromatic heterocycles. The van der Waals surface area contributed by atoms with Gasteiger partial charge in [0.2, 0.25) is 0 Å². The molecule has 2 amide bonds. The molecule has 0 aliphatic rings. The number of nitrogens with one attached hydrogen (secondary N) is 1. The van der Waals surface area contributed by atoms with E-state index in [0.29, 0.717) is 17.0 Å².